The van der Waals surface area contributed by atoms with Crippen LogP contribution in [0.1, 0.15) is 27.2 Å². The van der Waals surface area contributed by atoms with Crippen molar-refractivity contribution in [3.8, 4) is 0 Å². The third-order valence-corrected chi connectivity index (χ3v) is 4.35. The van der Waals surface area contributed by atoms with Gasteiger partial charge >= 0.3 is 0 Å². The van der Waals surface area contributed by atoms with E-state index >= 15 is 0 Å². The van der Waals surface area contributed by atoms with Crippen LogP contribution in [0.15, 0.2) is 24.0 Å². The first-order valence-corrected chi connectivity index (χ1v) is 7.32. The lowest BCUT2D eigenvalue weighted by Gasteiger charge is -2.16. The molecule has 1 fully saturated rings. The molecule has 0 aliphatic heterocycles. The Labute approximate surface area is 121 Å². The molecule has 2 N–H and O–H groups in total. The SMILES string of the molecule is CC1CC(/C=C(\C=C/NC=S)NC=S)C(C)C1C. The van der Waals surface area contributed by atoms with Gasteiger partial charge in [-0.2, -0.15) is 0 Å². The van der Waals surface area contributed by atoms with Crippen LogP contribution in [-0.2, 0) is 0 Å². The molecule has 4 unspecified atom stereocenters. The van der Waals surface area contributed by atoms with E-state index in [2.05, 4.69) is 37.5 Å². The van der Waals surface area contributed by atoms with Gasteiger partial charge in [-0.15, -0.1) is 0 Å². The largest absolute Gasteiger partial charge is 0.359 e. The fourth-order valence-corrected chi connectivity index (χ4v) is 2.83. The van der Waals surface area contributed by atoms with Crippen molar-refractivity contribution in [2.75, 3.05) is 0 Å². The van der Waals surface area contributed by atoms with Crippen LogP contribution in [0.5, 0.6) is 0 Å². The van der Waals surface area contributed by atoms with E-state index in [1.54, 1.807) is 5.49 Å². The lowest BCUT2D eigenvalue weighted by atomic mass is 9.90. The number of nitrogens with one attached hydrogen (secondary N) is 2. The second kappa shape index (κ2) is 7.64. The Balaban J connectivity index is 2.75. The summed E-state index contributed by atoms with van der Waals surface area (Å²) in [6.45, 7) is 7.02. The van der Waals surface area contributed by atoms with Crippen molar-refractivity contribution in [3.63, 3.8) is 0 Å². The fraction of sp³-hybridized carbons (Fsp3) is 0.571. The van der Waals surface area contributed by atoms with Gasteiger partial charge in [-0.1, -0.05) is 51.3 Å². The summed E-state index contributed by atoms with van der Waals surface area (Å²) in [6.07, 6.45) is 7.32. The molecular weight excluding hydrogens is 260 g/mol. The van der Waals surface area contributed by atoms with Gasteiger partial charge in [0.2, 0.25) is 0 Å². The number of allylic oxidation sites excluding steroid dienone is 2. The van der Waals surface area contributed by atoms with Gasteiger partial charge in [0.1, 0.15) is 0 Å². The predicted molar refractivity (Wildman–Crippen MR) is 86.4 cm³/mol. The second-order valence-corrected chi connectivity index (χ2v) is 5.57. The van der Waals surface area contributed by atoms with Gasteiger partial charge in [0.05, 0.1) is 11.0 Å². The number of hydrogen-bond acceptors (Lipinski definition) is 2. The molecule has 0 heterocycles. The first kappa shape index (κ1) is 15.3. The molecule has 0 aromatic rings. The minimum absolute atomic E-state index is 0.615. The maximum Gasteiger partial charge on any atom is 0.0658 e. The van der Waals surface area contributed by atoms with Crippen LogP contribution in [0.25, 0.3) is 0 Å². The summed E-state index contributed by atoms with van der Waals surface area (Å²) < 4.78 is 0. The Morgan fingerprint density at radius 2 is 1.83 bits per heavy atom. The molecule has 4 heteroatoms. The molecule has 0 saturated heterocycles. The van der Waals surface area contributed by atoms with E-state index in [0.717, 1.165) is 17.5 Å². The van der Waals surface area contributed by atoms with E-state index in [0.29, 0.717) is 11.8 Å². The molecule has 1 saturated carbocycles. The van der Waals surface area contributed by atoms with Crippen molar-refractivity contribution in [2.45, 2.75) is 27.2 Å². The van der Waals surface area contributed by atoms with E-state index in [1.165, 1.54) is 11.9 Å². The fourth-order valence-electron chi connectivity index (χ4n) is 2.61. The van der Waals surface area contributed by atoms with Gasteiger partial charge < -0.3 is 10.6 Å². The molecule has 18 heavy (non-hydrogen) atoms. The maximum atomic E-state index is 4.86. The summed E-state index contributed by atoms with van der Waals surface area (Å²) >= 11 is 9.57. The summed E-state index contributed by atoms with van der Waals surface area (Å²) in [7, 11) is 0. The highest BCUT2D eigenvalue weighted by molar-refractivity contribution is 7.79. The van der Waals surface area contributed by atoms with Crippen LogP contribution in [-0.4, -0.2) is 11.0 Å². The first-order chi connectivity index (χ1) is 8.60. The first-order valence-electron chi connectivity index (χ1n) is 6.38. The van der Waals surface area contributed by atoms with Crippen molar-refractivity contribution in [1.29, 1.82) is 0 Å². The van der Waals surface area contributed by atoms with Crippen LogP contribution >= 0.6 is 24.4 Å². The normalized spacial score (nSPS) is 32.5. The molecule has 2 nitrogen and oxygen atoms in total. The smallest absolute Gasteiger partial charge is 0.0658 e. The number of rotatable bonds is 6. The van der Waals surface area contributed by atoms with Crippen LogP contribution in [0.3, 0.4) is 0 Å². The maximum absolute atomic E-state index is 4.86. The quantitative estimate of drug-likeness (QED) is 0.576. The average molecular weight is 282 g/mol. The lowest BCUT2D eigenvalue weighted by molar-refractivity contribution is 0.363. The van der Waals surface area contributed by atoms with Gasteiger partial charge in [-0.05, 0) is 36.2 Å². The number of hydrogen-bond donors (Lipinski definition) is 2. The molecule has 0 amide bonds. The third-order valence-electron chi connectivity index (χ3n) is 4.09. The zero-order valence-electron chi connectivity index (χ0n) is 11.2. The standard InChI is InChI=1S/C14H22N2S2/c1-10-6-13(12(3)11(10)2)7-14(16-9-18)4-5-15-8-17/h4-5,7-13H,6H2,1-3H3,(H,15,17)(H,16,18)/b5-4-,14-7+. The Morgan fingerprint density at radius 1 is 1.11 bits per heavy atom. The average Bonchev–Trinajstić information content (AvgIpc) is 2.58. The topological polar surface area (TPSA) is 24.1 Å². The van der Waals surface area contributed by atoms with Gasteiger partial charge in [0.15, 0.2) is 0 Å². The van der Waals surface area contributed by atoms with Crippen molar-refractivity contribution >= 4 is 35.4 Å². The summed E-state index contributed by atoms with van der Waals surface area (Å²) in [5.41, 5.74) is 4.06. The molecule has 4 atom stereocenters. The van der Waals surface area contributed by atoms with Gasteiger partial charge in [-0.3, -0.25) is 0 Å². The Bertz CT molecular complexity index is 350. The van der Waals surface area contributed by atoms with Crippen LogP contribution in [0.2, 0.25) is 0 Å². The Kier molecular flexibility index (Phi) is 6.50. The van der Waals surface area contributed by atoms with Crippen LogP contribution < -0.4 is 10.6 Å². The zero-order chi connectivity index (χ0) is 13.5. The molecule has 0 aromatic carbocycles. The summed E-state index contributed by atoms with van der Waals surface area (Å²) in [5.74, 6) is 2.90. The highest BCUT2D eigenvalue weighted by atomic mass is 32.1. The van der Waals surface area contributed by atoms with Gasteiger partial charge in [0, 0.05) is 11.9 Å². The van der Waals surface area contributed by atoms with E-state index < -0.39 is 0 Å². The molecule has 100 valence electrons. The van der Waals surface area contributed by atoms with Crippen molar-refractivity contribution in [3.05, 3.63) is 24.0 Å². The number of thiocarbonyl (C=S) groups is 2. The van der Waals surface area contributed by atoms with Crippen LogP contribution in [0.4, 0.5) is 0 Å². The Hall–Kier alpha value is -0.740. The highest BCUT2D eigenvalue weighted by Gasteiger charge is 2.33. The third kappa shape index (κ3) is 4.18. The van der Waals surface area contributed by atoms with Gasteiger partial charge in [-0.25, -0.2) is 0 Å². The van der Waals surface area contributed by atoms with Crippen molar-refractivity contribution < 1.29 is 0 Å². The zero-order valence-corrected chi connectivity index (χ0v) is 12.9. The minimum atomic E-state index is 0.615. The molecule has 1 rings (SSSR count). The van der Waals surface area contributed by atoms with Crippen molar-refractivity contribution in [1.82, 2.24) is 10.6 Å². The highest BCUT2D eigenvalue weighted by Crippen LogP contribution is 2.41. The predicted octanol–water partition coefficient (Wildman–Crippen LogP) is 3.41. The van der Waals surface area contributed by atoms with E-state index in [9.17, 15) is 0 Å². The van der Waals surface area contributed by atoms with Gasteiger partial charge in [0.25, 0.3) is 0 Å². The summed E-state index contributed by atoms with van der Waals surface area (Å²) in [5, 5.41) is 5.97. The molecule has 1 aliphatic rings. The van der Waals surface area contributed by atoms with Crippen molar-refractivity contribution in [2.24, 2.45) is 23.7 Å². The van der Waals surface area contributed by atoms with E-state index in [1.807, 2.05) is 12.3 Å². The molecule has 0 aromatic heterocycles. The summed E-state index contributed by atoms with van der Waals surface area (Å²) in [4.78, 5) is 0. The molecule has 1 aliphatic carbocycles. The second-order valence-electron chi connectivity index (χ2n) is 5.10. The monoisotopic (exact) mass is 282 g/mol. The van der Waals surface area contributed by atoms with Crippen LogP contribution in [0, 0.1) is 23.7 Å². The lowest BCUT2D eigenvalue weighted by Crippen LogP contribution is -2.13. The van der Waals surface area contributed by atoms with E-state index in [-0.39, 0.29) is 0 Å². The molecular formula is C14H22N2S2. The molecule has 0 bridgehead atoms. The summed E-state index contributed by atoms with van der Waals surface area (Å²) in [6, 6.07) is 0. The Morgan fingerprint density at radius 3 is 2.33 bits per heavy atom. The van der Waals surface area contributed by atoms with E-state index in [4.69, 9.17) is 24.4 Å². The molecule has 0 spiro atoms. The minimum Gasteiger partial charge on any atom is -0.359 e. The molecule has 0 radical (unpaired) electrons.